The Hall–Kier alpha value is -3.90. The molecule has 2 aromatic heterocycles. The number of halogens is 3. The summed E-state index contributed by atoms with van der Waals surface area (Å²) in [5.41, 5.74) is 0.816. The van der Waals surface area contributed by atoms with Crippen molar-refractivity contribution in [2.24, 2.45) is 0 Å². The summed E-state index contributed by atoms with van der Waals surface area (Å²) in [6.45, 7) is 1.09. The standard InChI is InChI=1S/C20H20F3N7O3/c1-11(31)26-12-4-6-24-16(8-12)28-19(33)30-13-5-7-29(9-13)15-3-2-14(27-17(15)30)18(32)25-10-20(21,22)23/h2-4,6,8,13H,5,7,9-10H2,1H3,(H,25,32)(H2,24,26,28,31,33)/t13-/m0/s1. The predicted molar refractivity (Wildman–Crippen MR) is 113 cm³/mol. The van der Waals surface area contributed by atoms with Crippen LogP contribution in [0.3, 0.4) is 0 Å². The first-order valence-electron chi connectivity index (χ1n) is 10.1. The lowest BCUT2D eigenvalue weighted by Gasteiger charge is -2.35. The Balaban J connectivity index is 1.59. The van der Waals surface area contributed by atoms with E-state index in [1.165, 1.54) is 30.2 Å². The Bertz CT molecular complexity index is 1110. The topological polar surface area (TPSA) is 120 Å². The number of alkyl halides is 3. The highest BCUT2D eigenvalue weighted by Crippen LogP contribution is 2.39. The van der Waals surface area contributed by atoms with E-state index in [2.05, 4.69) is 20.6 Å². The normalized spacial score (nSPS) is 16.8. The number of fused-ring (bicyclic) bond motifs is 4. The fourth-order valence-electron chi connectivity index (χ4n) is 3.82. The number of pyridine rings is 2. The van der Waals surface area contributed by atoms with Gasteiger partial charge < -0.3 is 15.5 Å². The number of carbonyl (C=O) groups excluding carboxylic acids is 3. The van der Waals surface area contributed by atoms with Gasteiger partial charge in [0.05, 0.1) is 11.7 Å². The summed E-state index contributed by atoms with van der Waals surface area (Å²) in [6.07, 6.45) is -2.48. The highest BCUT2D eigenvalue weighted by molar-refractivity contribution is 6.05. The monoisotopic (exact) mass is 463 g/mol. The van der Waals surface area contributed by atoms with E-state index in [1.807, 2.05) is 4.90 Å². The number of anilines is 4. The lowest BCUT2D eigenvalue weighted by Crippen LogP contribution is -2.48. The van der Waals surface area contributed by atoms with E-state index in [1.54, 1.807) is 17.4 Å². The minimum absolute atomic E-state index is 0.180. The molecule has 13 heteroatoms. The van der Waals surface area contributed by atoms with E-state index in [0.717, 1.165) is 0 Å². The molecule has 0 spiro atoms. The Kier molecular flexibility index (Phi) is 5.78. The Labute approximate surface area is 186 Å². The Morgan fingerprint density at radius 3 is 2.70 bits per heavy atom. The van der Waals surface area contributed by atoms with Crippen LogP contribution in [0.2, 0.25) is 0 Å². The molecule has 4 heterocycles. The van der Waals surface area contributed by atoms with Gasteiger partial charge in [-0.15, -0.1) is 0 Å². The Morgan fingerprint density at radius 2 is 1.97 bits per heavy atom. The van der Waals surface area contributed by atoms with Crippen LogP contribution in [-0.2, 0) is 4.79 Å². The van der Waals surface area contributed by atoms with Gasteiger partial charge in [-0.1, -0.05) is 0 Å². The maximum atomic E-state index is 13.2. The zero-order chi connectivity index (χ0) is 23.8. The van der Waals surface area contributed by atoms with Gasteiger partial charge >= 0.3 is 12.2 Å². The largest absolute Gasteiger partial charge is 0.405 e. The quantitative estimate of drug-likeness (QED) is 0.641. The van der Waals surface area contributed by atoms with Crippen LogP contribution in [0.1, 0.15) is 23.8 Å². The third-order valence-electron chi connectivity index (χ3n) is 5.17. The van der Waals surface area contributed by atoms with Crippen LogP contribution in [0.15, 0.2) is 30.5 Å². The van der Waals surface area contributed by atoms with Crippen LogP contribution < -0.4 is 25.8 Å². The highest BCUT2D eigenvalue weighted by Gasteiger charge is 2.40. The van der Waals surface area contributed by atoms with Crippen LogP contribution in [0.25, 0.3) is 0 Å². The van der Waals surface area contributed by atoms with Crippen molar-refractivity contribution in [2.45, 2.75) is 25.6 Å². The molecule has 10 nitrogen and oxygen atoms in total. The summed E-state index contributed by atoms with van der Waals surface area (Å²) in [6, 6.07) is 5.15. The number of hydrogen-bond donors (Lipinski definition) is 3. The second kappa shape index (κ2) is 8.56. The van der Waals surface area contributed by atoms with Gasteiger partial charge in [-0.3, -0.25) is 19.8 Å². The first-order chi connectivity index (χ1) is 15.6. The van der Waals surface area contributed by atoms with Crippen LogP contribution in [0, 0.1) is 0 Å². The molecule has 0 aliphatic carbocycles. The average molecular weight is 463 g/mol. The molecule has 4 amide bonds. The summed E-state index contributed by atoms with van der Waals surface area (Å²) in [4.78, 5) is 48.3. The van der Waals surface area contributed by atoms with Gasteiger partial charge in [0, 0.05) is 38.0 Å². The Morgan fingerprint density at radius 1 is 1.18 bits per heavy atom. The summed E-state index contributed by atoms with van der Waals surface area (Å²) in [7, 11) is 0. The van der Waals surface area contributed by atoms with Crippen molar-refractivity contribution < 1.29 is 27.6 Å². The molecule has 0 aromatic carbocycles. The van der Waals surface area contributed by atoms with Crippen LogP contribution >= 0.6 is 0 Å². The SMILES string of the molecule is CC(=O)Nc1ccnc(NC(=O)N2c3nc(C(=O)NCC(F)(F)F)ccc3N3CC[C@H]2C3)c1. The van der Waals surface area contributed by atoms with Gasteiger partial charge in [-0.2, -0.15) is 13.2 Å². The number of aromatic nitrogens is 2. The molecule has 2 aromatic rings. The van der Waals surface area contributed by atoms with Crippen molar-refractivity contribution >= 4 is 40.9 Å². The molecule has 2 aliphatic rings. The lowest BCUT2D eigenvalue weighted by atomic mass is 10.1. The zero-order valence-corrected chi connectivity index (χ0v) is 17.4. The van der Waals surface area contributed by atoms with Gasteiger partial charge in [0.2, 0.25) is 5.91 Å². The second-order valence-electron chi connectivity index (χ2n) is 7.64. The van der Waals surface area contributed by atoms with E-state index < -0.39 is 24.7 Å². The van der Waals surface area contributed by atoms with E-state index in [4.69, 9.17) is 0 Å². The minimum Gasteiger partial charge on any atom is -0.366 e. The maximum absolute atomic E-state index is 13.2. The van der Waals surface area contributed by atoms with Crippen molar-refractivity contribution in [2.75, 3.05) is 40.1 Å². The lowest BCUT2D eigenvalue weighted by molar-refractivity contribution is -0.123. The van der Waals surface area contributed by atoms with Crippen molar-refractivity contribution in [1.82, 2.24) is 15.3 Å². The van der Waals surface area contributed by atoms with Gasteiger partial charge in [-0.05, 0) is 24.6 Å². The van der Waals surface area contributed by atoms with Crippen molar-refractivity contribution in [1.29, 1.82) is 0 Å². The fraction of sp³-hybridized carbons (Fsp3) is 0.350. The molecule has 4 rings (SSSR count). The van der Waals surface area contributed by atoms with Gasteiger partial charge in [0.25, 0.3) is 5.91 Å². The van der Waals surface area contributed by atoms with Gasteiger partial charge in [-0.25, -0.2) is 14.8 Å². The number of amides is 4. The molecule has 1 saturated heterocycles. The molecule has 174 valence electrons. The van der Waals surface area contributed by atoms with Crippen molar-refractivity contribution in [3.05, 3.63) is 36.2 Å². The molecule has 1 fully saturated rings. The fourth-order valence-corrected chi connectivity index (χ4v) is 3.82. The summed E-state index contributed by atoms with van der Waals surface area (Å²) in [5, 5.41) is 7.04. The third-order valence-corrected chi connectivity index (χ3v) is 5.17. The number of nitrogens with zero attached hydrogens (tertiary/aromatic N) is 4. The molecular weight excluding hydrogens is 443 g/mol. The molecule has 0 unspecified atom stereocenters. The van der Waals surface area contributed by atoms with Crippen LogP contribution in [0.5, 0.6) is 0 Å². The third kappa shape index (κ3) is 4.96. The summed E-state index contributed by atoms with van der Waals surface area (Å²) >= 11 is 0. The first-order valence-corrected chi connectivity index (χ1v) is 10.1. The summed E-state index contributed by atoms with van der Waals surface area (Å²) < 4.78 is 37.4. The smallest absolute Gasteiger partial charge is 0.366 e. The van der Waals surface area contributed by atoms with Crippen molar-refractivity contribution in [3.8, 4) is 0 Å². The van der Waals surface area contributed by atoms with Gasteiger partial charge in [0.15, 0.2) is 5.82 Å². The number of nitrogens with one attached hydrogen (secondary N) is 3. The highest BCUT2D eigenvalue weighted by atomic mass is 19.4. The van der Waals surface area contributed by atoms with Crippen LogP contribution in [0.4, 0.5) is 41.0 Å². The van der Waals surface area contributed by atoms with Crippen LogP contribution in [-0.4, -0.2) is 59.7 Å². The minimum atomic E-state index is -4.56. The van der Waals surface area contributed by atoms with E-state index in [-0.39, 0.29) is 29.3 Å². The second-order valence-corrected chi connectivity index (χ2v) is 7.64. The van der Waals surface area contributed by atoms with E-state index >= 15 is 0 Å². The van der Waals surface area contributed by atoms with E-state index in [9.17, 15) is 27.6 Å². The van der Waals surface area contributed by atoms with E-state index in [0.29, 0.717) is 30.9 Å². The molecule has 0 saturated carbocycles. The molecule has 3 N–H and O–H groups in total. The summed E-state index contributed by atoms with van der Waals surface area (Å²) in [5.74, 6) is -0.908. The van der Waals surface area contributed by atoms with Crippen molar-refractivity contribution in [3.63, 3.8) is 0 Å². The maximum Gasteiger partial charge on any atom is 0.405 e. The molecular formula is C20H20F3N7O3. The zero-order valence-electron chi connectivity index (χ0n) is 17.4. The number of hydrogen-bond acceptors (Lipinski definition) is 6. The molecule has 2 bridgehead atoms. The average Bonchev–Trinajstić information content (AvgIpc) is 3.15. The molecule has 33 heavy (non-hydrogen) atoms. The number of rotatable bonds is 4. The molecule has 0 radical (unpaired) electrons. The molecule has 2 aliphatic heterocycles. The number of urea groups is 1. The predicted octanol–water partition coefficient (Wildman–Crippen LogP) is 2.36. The van der Waals surface area contributed by atoms with Gasteiger partial charge in [0.1, 0.15) is 18.1 Å². The number of carbonyl (C=O) groups is 3. The first kappa shape index (κ1) is 22.3. The molecule has 1 atom stereocenters.